The molecule has 0 spiro atoms. The van der Waals surface area contributed by atoms with Crippen LogP contribution in [0.5, 0.6) is 0 Å². The molecule has 0 bridgehead atoms. The van der Waals surface area contributed by atoms with Crippen LogP contribution in [-0.2, 0) is 0 Å². The zero-order valence-corrected chi connectivity index (χ0v) is 11.1. The first-order valence-electron chi connectivity index (χ1n) is 5.70. The zero-order chi connectivity index (χ0) is 12.0. The van der Waals surface area contributed by atoms with Crippen LogP contribution < -0.4 is 11.1 Å². The molecular weight excluding hydrogens is 218 g/mol. The molecule has 0 amide bonds. The lowest BCUT2D eigenvalue weighted by Gasteiger charge is -2.15. The van der Waals surface area contributed by atoms with Crippen molar-refractivity contribution in [2.75, 3.05) is 22.6 Å². The van der Waals surface area contributed by atoms with Gasteiger partial charge in [0.1, 0.15) is 5.82 Å². The summed E-state index contributed by atoms with van der Waals surface area (Å²) in [4.78, 5) is 4.30. The molecular formula is C12H21N3S. The average Bonchev–Trinajstić information content (AvgIpc) is 2.23. The van der Waals surface area contributed by atoms with Gasteiger partial charge in [-0.3, -0.25) is 0 Å². The number of rotatable bonds is 6. The van der Waals surface area contributed by atoms with E-state index >= 15 is 0 Å². The minimum atomic E-state index is 0.413. The standard InChI is InChI=1S/C12H21N3S/c1-4-16-6-5-10(3)15-12-11(13)7-9(2)8-14-12/h7-8,10H,4-6,13H2,1-3H3,(H,14,15). The van der Waals surface area contributed by atoms with Crippen LogP contribution in [0, 0.1) is 6.92 Å². The van der Waals surface area contributed by atoms with Gasteiger partial charge >= 0.3 is 0 Å². The number of hydrogen-bond acceptors (Lipinski definition) is 4. The lowest BCUT2D eigenvalue weighted by Crippen LogP contribution is -2.18. The number of hydrogen-bond donors (Lipinski definition) is 2. The van der Waals surface area contributed by atoms with E-state index in [2.05, 4.69) is 24.1 Å². The zero-order valence-electron chi connectivity index (χ0n) is 10.3. The number of nitrogens with one attached hydrogen (secondary N) is 1. The summed E-state index contributed by atoms with van der Waals surface area (Å²) in [6.07, 6.45) is 2.97. The molecule has 3 N–H and O–H groups in total. The lowest BCUT2D eigenvalue weighted by molar-refractivity contribution is 0.767. The molecule has 0 aliphatic rings. The number of aryl methyl sites for hydroxylation is 1. The first-order chi connectivity index (χ1) is 7.63. The second-order valence-electron chi connectivity index (χ2n) is 3.98. The smallest absolute Gasteiger partial charge is 0.149 e. The van der Waals surface area contributed by atoms with E-state index in [4.69, 9.17) is 5.73 Å². The van der Waals surface area contributed by atoms with Gasteiger partial charge in [0.2, 0.25) is 0 Å². The van der Waals surface area contributed by atoms with Gasteiger partial charge in [-0.2, -0.15) is 11.8 Å². The van der Waals surface area contributed by atoms with E-state index in [0.717, 1.165) is 23.5 Å². The first kappa shape index (κ1) is 13.2. The molecule has 1 rings (SSSR count). The molecule has 3 nitrogen and oxygen atoms in total. The van der Waals surface area contributed by atoms with Crippen molar-refractivity contribution in [2.24, 2.45) is 0 Å². The maximum Gasteiger partial charge on any atom is 0.149 e. The van der Waals surface area contributed by atoms with E-state index in [-0.39, 0.29) is 0 Å². The number of pyridine rings is 1. The molecule has 1 aromatic rings. The molecule has 1 aromatic heterocycles. The van der Waals surface area contributed by atoms with Crippen LogP contribution in [0.1, 0.15) is 25.8 Å². The van der Waals surface area contributed by atoms with E-state index in [0.29, 0.717) is 6.04 Å². The first-order valence-corrected chi connectivity index (χ1v) is 6.85. The summed E-state index contributed by atoms with van der Waals surface area (Å²) in [5, 5.41) is 3.35. The topological polar surface area (TPSA) is 50.9 Å². The fourth-order valence-electron chi connectivity index (χ4n) is 1.42. The van der Waals surface area contributed by atoms with Gasteiger partial charge in [-0.1, -0.05) is 6.92 Å². The molecule has 0 aliphatic carbocycles. The molecule has 1 unspecified atom stereocenters. The SMILES string of the molecule is CCSCCC(C)Nc1ncc(C)cc1N. The Morgan fingerprint density at radius 2 is 2.31 bits per heavy atom. The van der Waals surface area contributed by atoms with E-state index < -0.39 is 0 Å². The van der Waals surface area contributed by atoms with Gasteiger partial charge in [-0.25, -0.2) is 4.98 Å². The molecule has 1 atom stereocenters. The summed E-state index contributed by atoms with van der Waals surface area (Å²) in [6, 6.07) is 2.36. The quantitative estimate of drug-likeness (QED) is 0.749. The highest BCUT2D eigenvalue weighted by Crippen LogP contribution is 2.17. The summed E-state index contributed by atoms with van der Waals surface area (Å²) in [7, 11) is 0. The van der Waals surface area contributed by atoms with Crippen molar-refractivity contribution in [3.8, 4) is 0 Å². The van der Waals surface area contributed by atoms with Gasteiger partial charge in [0, 0.05) is 12.2 Å². The maximum atomic E-state index is 5.89. The minimum absolute atomic E-state index is 0.413. The largest absolute Gasteiger partial charge is 0.396 e. The molecule has 0 fully saturated rings. The van der Waals surface area contributed by atoms with Crippen LogP contribution in [0.3, 0.4) is 0 Å². The monoisotopic (exact) mass is 239 g/mol. The number of nitrogens with two attached hydrogens (primary N) is 1. The second kappa shape index (κ2) is 6.63. The van der Waals surface area contributed by atoms with Gasteiger partial charge in [0.25, 0.3) is 0 Å². The van der Waals surface area contributed by atoms with Gasteiger partial charge in [-0.05, 0) is 43.4 Å². The number of thioether (sulfide) groups is 1. The van der Waals surface area contributed by atoms with E-state index in [1.165, 1.54) is 11.5 Å². The van der Waals surface area contributed by atoms with Crippen LogP contribution in [0.25, 0.3) is 0 Å². The summed E-state index contributed by atoms with van der Waals surface area (Å²) in [5.74, 6) is 3.16. The van der Waals surface area contributed by atoms with E-state index in [1.54, 1.807) is 0 Å². The molecule has 0 radical (unpaired) electrons. The Bertz CT molecular complexity index is 328. The number of anilines is 2. The van der Waals surface area contributed by atoms with Gasteiger partial charge in [0.15, 0.2) is 0 Å². The molecule has 0 aromatic carbocycles. The Kier molecular flexibility index (Phi) is 5.46. The minimum Gasteiger partial charge on any atom is -0.396 e. The second-order valence-corrected chi connectivity index (χ2v) is 5.38. The number of aromatic nitrogens is 1. The van der Waals surface area contributed by atoms with E-state index in [9.17, 15) is 0 Å². The summed E-state index contributed by atoms with van der Waals surface area (Å²) < 4.78 is 0. The third kappa shape index (κ3) is 4.31. The fraction of sp³-hybridized carbons (Fsp3) is 0.583. The normalized spacial score (nSPS) is 12.4. The van der Waals surface area contributed by atoms with Crippen LogP contribution in [0.15, 0.2) is 12.3 Å². The van der Waals surface area contributed by atoms with Crippen molar-refractivity contribution in [2.45, 2.75) is 33.2 Å². The Balaban J connectivity index is 2.46. The van der Waals surface area contributed by atoms with Crippen LogP contribution >= 0.6 is 11.8 Å². The Morgan fingerprint density at radius 1 is 1.56 bits per heavy atom. The van der Waals surface area contributed by atoms with Gasteiger partial charge in [-0.15, -0.1) is 0 Å². The lowest BCUT2D eigenvalue weighted by atomic mass is 10.2. The van der Waals surface area contributed by atoms with Crippen molar-refractivity contribution in [1.29, 1.82) is 0 Å². The maximum absolute atomic E-state index is 5.89. The Hall–Kier alpha value is -0.900. The Labute approximate surface area is 102 Å². The fourth-order valence-corrected chi connectivity index (χ4v) is 2.23. The summed E-state index contributed by atoms with van der Waals surface area (Å²) in [5.41, 5.74) is 7.72. The van der Waals surface area contributed by atoms with Gasteiger partial charge < -0.3 is 11.1 Å². The predicted molar refractivity (Wildman–Crippen MR) is 74.1 cm³/mol. The van der Waals surface area contributed by atoms with Crippen molar-refractivity contribution >= 4 is 23.3 Å². The third-order valence-corrected chi connectivity index (χ3v) is 3.27. The number of nitrogen functional groups attached to an aromatic ring is 1. The van der Waals surface area contributed by atoms with Crippen molar-refractivity contribution in [1.82, 2.24) is 4.98 Å². The number of nitrogens with zero attached hydrogens (tertiary/aromatic N) is 1. The van der Waals surface area contributed by atoms with Crippen LogP contribution in [0.2, 0.25) is 0 Å². The highest BCUT2D eigenvalue weighted by atomic mass is 32.2. The van der Waals surface area contributed by atoms with Crippen molar-refractivity contribution in [3.63, 3.8) is 0 Å². The average molecular weight is 239 g/mol. The highest BCUT2D eigenvalue weighted by Gasteiger charge is 2.05. The van der Waals surface area contributed by atoms with E-state index in [1.807, 2.05) is 30.9 Å². The molecule has 0 aliphatic heterocycles. The predicted octanol–water partition coefficient (Wildman–Crippen LogP) is 2.92. The molecule has 90 valence electrons. The third-order valence-electron chi connectivity index (χ3n) is 2.34. The van der Waals surface area contributed by atoms with Crippen molar-refractivity contribution < 1.29 is 0 Å². The Morgan fingerprint density at radius 3 is 2.94 bits per heavy atom. The van der Waals surface area contributed by atoms with Crippen LogP contribution in [-0.4, -0.2) is 22.5 Å². The molecule has 4 heteroatoms. The molecule has 1 heterocycles. The van der Waals surface area contributed by atoms with Gasteiger partial charge in [0.05, 0.1) is 5.69 Å². The summed E-state index contributed by atoms with van der Waals surface area (Å²) in [6.45, 7) is 6.34. The highest BCUT2D eigenvalue weighted by molar-refractivity contribution is 7.99. The molecule has 0 saturated carbocycles. The van der Waals surface area contributed by atoms with Crippen LogP contribution in [0.4, 0.5) is 11.5 Å². The molecule has 0 saturated heterocycles. The van der Waals surface area contributed by atoms with Crippen molar-refractivity contribution in [3.05, 3.63) is 17.8 Å². The molecule has 16 heavy (non-hydrogen) atoms. The summed E-state index contributed by atoms with van der Waals surface area (Å²) >= 11 is 1.96.